The fourth-order valence-electron chi connectivity index (χ4n) is 1.69. The summed E-state index contributed by atoms with van der Waals surface area (Å²) < 4.78 is 1.45. The van der Waals surface area contributed by atoms with E-state index in [0.29, 0.717) is 12.1 Å². The van der Waals surface area contributed by atoms with Gasteiger partial charge >= 0.3 is 0 Å². The van der Waals surface area contributed by atoms with Crippen LogP contribution in [0.3, 0.4) is 0 Å². The number of pyridine rings is 1. The van der Waals surface area contributed by atoms with Crippen LogP contribution in [0, 0.1) is 0 Å². The fraction of sp³-hybridized carbons (Fsp3) is 0.333. The molecule has 16 heavy (non-hydrogen) atoms. The van der Waals surface area contributed by atoms with Gasteiger partial charge in [-0.2, -0.15) is 0 Å². The number of carbonyl (C=O) groups is 1. The number of aryl methyl sites for hydroxylation is 1. The molecule has 0 saturated carbocycles. The van der Waals surface area contributed by atoms with Crippen LogP contribution in [0.5, 0.6) is 0 Å². The second-order valence-corrected chi connectivity index (χ2v) is 3.88. The van der Waals surface area contributed by atoms with Crippen molar-refractivity contribution in [1.82, 2.24) is 9.47 Å². The number of hydrogen-bond donors (Lipinski definition) is 0. The van der Waals surface area contributed by atoms with Gasteiger partial charge in [0.1, 0.15) is 0 Å². The van der Waals surface area contributed by atoms with E-state index in [1.165, 1.54) is 10.6 Å². The van der Waals surface area contributed by atoms with Gasteiger partial charge in [0.25, 0.3) is 11.5 Å². The maximum absolute atomic E-state index is 12.0. The Bertz CT molecular complexity index is 488. The minimum Gasteiger partial charge on any atom is -0.335 e. The Morgan fingerprint density at radius 2 is 2.19 bits per heavy atom. The predicted molar refractivity (Wildman–Crippen MR) is 61.3 cm³/mol. The lowest BCUT2D eigenvalue weighted by molar-refractivity contribution is 0.0770. The van der Waals surface area contributed by atoms with Crippen LogP contribution >= 0.6 is 0 Å². The van der Waals surface area contributed by atoms with Gasteiger partial charge in [-0.25, -0.2) is 0 Å². The fourth-order valence-corrected chi connectivity index (χ4v) is 1.69. The van der Waals surface area contributed by atoms with Crippen LogP contribution in [-0.4, -0.2) is 28.5 Å². The molecule has 1 aliphatic heterocycles. The molecule has 1 aliphatic rings. The molecular weight excluding hydrogens is 204 g/mol. The zero-order chi connectivity index (χ0) is 11.5. The Morgan fingerprint density at radius 3 is 2.81 bits per heavy atom. The van der Waals surface area contributed by atoms with E-state index in [2.05, 4.69) is 6.08 Å². The van der Waals surface area contributed by atoms with E-state index in [-0.39, 0.29) is 11.5 Å². The Labute approximate surface area is 93.8 Å². The molecule has 1 aromatic heterocycles. The average molecular weight is 218 g/mol. The van der Waals surface area contributed by atoms with E-state index >= 15 is 0 Å². The highest BCUT2D eigenvalue weighted by atomic mass is 16.2. The molecule has 2 rings (SSSR count). The number of hydrogen-bond acceptors (Lipinski definition) is 2. The summed E-state index contributed by atoms with van der Waals surface area (Å²) in [6, 6.07) is 3.07. The molecule has 0 radical (unpaired) electrons. The van der Waals surface area contributed by atoms with Crippen molar-refractivity contribution in [2.45, 2.75) is 6.42 Å². The van der Waals surface area contributed by atoms with E-state index in [1.807, 2.05) is 6.08 Å². The van der Waals surface area contributed by atoms with Crippen LogP contribution < -0.4 is 5.56 Å². The maximum atomic E-state index is 12.0. The molecule has 84 valence electrons. The van der Waals surface area contributed by atoms with E-state index in [9.17, 15) is 9.59 Å². The molecule has 0 aliphatic carbocycles. The monoisotopic (exact) mass is 218 g/mol. The molecule has 0 spiro atoms. The largest absolute Gasteiger partial charge is 0.335 e. The summed E-state index contributed by atoms with van der Waals surface area (Å²) in [6.07, 6.45) is 6.54. The third-order valence-electron chi connectivity index (χ3n) is 2.70. The van der Waals surface area contributed by atoms with Gasteiger partial charge in [-0.1, -0.05) is 12.2 Å². The molecule has 0 aromatic carbocycles. The van der Waals surface area contributed by atoms with Crippen LogP contribution in [0.25, 0.3) is 0 Å². The smallest absolute Gasteiger partial charge is 0.254 e. The molecule has 4 heteroatoms. The topological polar surface area (TPSA) is 42.3 Å². The lowest BCUT2D eigenvalue weighted by Crippen LogP contribution is -2.34. The SMILES string of the molecule is Cn1ccc(C(=O)N2CC=CCC2)cc1=O. The van der Waals surface area contributed by atoms with Crippen LogP contribution in [0.2, 0.25) is 0 Å². The minimum absolute atomic E-state index is 0.0675. The number of amides is 1. The molecule has 4 nitrogen and oxygen atoms in total. The number of aromatic nitrogens is 1. The van der Waals surface area contributed by atoms with Crippen molar-refractivity contribution in [2.75, 3.05) is 13.1 Å². The van der Waals surface area contributed by atoms with Gasteiger partial charge in [0.2, 0.25) is 0 Å². The highest BCUT2D eigenvalue weighted by Gasteiger charge is 2.16. The quantitative estimate of drug-likeness (QED) is 0.654. The first-order valence-electron chi connectivity index (χ1n) is 5.29. The summed E-state index contributed by atoms with van der Waals surface area (Å²) in [5, 5.41) is 0. The van der Waals surface area contributed by atoms with Crippen LogP contribution in [-0.2, 0) is 7.05 Å². The van der Waals surface area contributed by atoms with Gasteiger partial charge in [-0.05, 0) is 12.5 Å². The van der Waals surface area contributed by atoms with Crippen molar-refractivity contribution in [3.63, 3.8) is 0 Å². The van der Waals surface area contributed by atoms with E-state index in [1.54, 1.807) is 24.2 Å². The van der Waals surface area contributed by atoms with Crippen molar-refractivity contribution in [3.05, 3.63) is 46.4 Å². The van der Waals surface area contributed by atoms with Gasteiger partial charge in [-0.3, -0.25) is 9.59 Å². The molecule has 0 unspecified atom stereocenters. The van der Waals surface area contributed by atoms with Gasteiger partial charge in [0, 0.05) is 38.0 Å². The first-order chi connectivity index (χ1) is 7.68. The molecule has 1 aromatic rings. The summed E-state index contributed by atoms with van der Waals surface area (Å²) in [6.45, 7) is 1.36. The van der Waals surface area contributed by atoms with Crippen molar-refractivity contribution in [3.8, 4) is 0 Å². The summed E-state index contributed by atoms with van der Waals surface area (Å²) >= 11 is 0. The Morgan fingerprint density at radius 1 is 1.38 bits per heavy atom. The van der Waals surface area contributed by atoms with Gasteiger partial charge in [0.15, 0.2) is 0 Å². The van der Waals surface area contributed by atoms with Crippen molar-refractivity contribution >= 4 is 5.91 Å². The third kappa shape index (κ3) is 2.05. The van der Waals surface area contributed by atoms with E-state index < -0.39 is 0 Å². The van der Waals surface area contributed by atoms with Gasteiger partial charge in [0.05, 0.1) is 0 Å². The normalized spacial score (nSPS) is 15.2. The summed E-state index contributed by atoms with van der Waals surface area (Å²) in [4.78, 5) is 25.2. The highest BCUT2D eigenvalue weighted by molar-refractivity contribution is 5.94. The van der Waals surface area contributed by atoms with E-state index in [4.69, 9.17) is 0 Å². The Hall–Kier alpha value is -1.84. The van der Waals surface area contributed by atoms with Crippen LogP contribution in [0.1, 0.15) is 16.8 Å². The zero-order valence-electron chi connectivity index (χ0n) is 9.22. The molecule has 0 bridgehead atoms. The molecule has 0 N–H and O–H groups in total. The Kier molecular flexibility index (Phi) is 2.90. The highest BCUT2D eigenvalue weighted by Crippen LogP contribution is 2.07. The molecule has 1 amide bonds. The van der Waals surface area contributed by atoms with Crippen molar-refractivity contribution in [2.24, 2.45) is 7.05 Å². The predicted octanol–water partition coefficient (Wildman–Crippen LogP) is 0.787. The standard InChI is InChI=1S/C12H14N2O2/c1-13-8-5-10(9-11(13)15)12(16)14-6-3-2-4-7-14/h2-3,5,8-9H,4,6-7H2,1H3. The zero-order valence-corrected chi connectivity index (χ0v) is 9.22. The number of rotatable bonds is 1. The van der Waals surface area contributed by atoms with E-state index in [0.717, 1.165) is 13.0 Å². The Balaban J connectivity index is 2.23. The van der Waals surface area contributed by atoms with Crippen molar-refractivity contribution < 1.29 is 4.79 Å². The minimum atomic E-state index is -0.154. The average Bonchev–Trinajstić information content (AvgIpc) is 2.33. The molecule has 2 heterocycles. The summed E-state index contributed by atoms with van der Waals surface area (Å²) in [5.41, 5.74) is 0.316. The molecule has 0 saturated heterocycles. The first-order valence-corrected chi connectivity index (χ1v) is 5.29. The van der Waals surface area contributed by atoms with Gasteiger partial charge < -0.3 is 9.47 Å². The second-order valence-electron chi connectivity index (χ2n) is 3.88. The molecule has 0 fully saturated rings. The van der Waals surface area contributed by atoms with Gasteiger partial charge in [-0.15, -0.1) is 0 Å². The molecule has 0 atom stereocenters. The first kappa shape index (κ1) is 10.7. The lowest BCUT2D eigenvalue weighted by Gasteiger charge is -2.23. The third-order valence-corrected chi connectivity index (χ3v) is 2.70. The van der Waals surface area contributed by atoms with Crippen molar-refractivity contribution in [1.29, 1.82) is 0 Å². The summed E-state index contributed by atoms with van der Waals surface area (Å²) in [5.74, 6) is -0.0675. The second kappa shape index (κ2) is 4.35. The number of carbonyl (C=O) groups excluding carboxylic acids is 1. The summed E-state index contributed by atoms with van der Waals surface area (Å²) in [7, 11) is 1.67. The van der Waals surface area contributed by atoms with Crippen LogP contribution in [0.15, 0.2) is 35.3 Å². The number of nitrogens with zero attached hydrogens (tertiary/aromatic N) is 2. The van der Waals surface area contributed by atoms with Crippen LogP contribution in [0.4, 0.5) is 0 Å². The lowest BCUT2D eigenvalue weighted by atomic mass is 10.2. The maximum Gasteiger partial charge on any atom is 0.254 e. The molecular formula is C12H14N2O2.